The van der Waals surface area contributed by atoms with Crippen LogP contribution in [0.2, 0.25) is 0 Å². The molecule has 0 fully saturated rings. The molecule has 5 nitrogen and oxygen atoms in total. The largest absolute Gasteiger partial charge is 0.483 e. The quantitative estimate of drug-likeness (QED) is 0.345. The van der Waals surface area contributed by atoms with Crippen molar-refractivity contribution in [2.24, 2.45) is 0 Å². The molecule has 7 heteroatoms. The Bertz CT molecular complexity index is 1140. The lowest BCUT2D eigenvalue weighted by Crippen LogP contribution is -2.21. The third kappa shape index (κ3) is 5.58. The van der Waals surface area contributed by atoms with Gasteiger partial charge >= 0.3 is 5.97 Å². The van der Waals surface area contributed by atoms with Crippen molar-refractivity contribution in [3.05, 3.63) is 68.5 Å². The van der Waals surface area contributed by atoms with Crippen molar-refractivity contribution in [3.63, 3.8) is 0 Å². The molecule has 3 aromatic rings. The summed E-state index contributed by atoms with van der Waals surface area (Å²) in [6, 6.07) is 11.8. The summed E-state index contributed by atoms with van der Waals surface area (Å²) in [5.41, 5.74) is 5.42. The molecule has 0 aliphatic carbocycles. The van der Waals surface area contributed by atoms with E-state index < -0.39 is 5.97 Å². The first-order chi connectivity index (χ1) is 15.3. The average molecular weight is 516 g/mol. The number of hydrogen-bond acceptors (Lipinski definition) is 5. The van der Waals surface area contributed by atoms with Gasteiger partial charge < -0.3 is 14.8 Å². The van der Waals surface area contributed by atoms with E-state index in [9.17, 15) is 9.59 Å². The molecule has 168 valence electrons. The monoisotopic (exact) mass is 515 g/mol. The number of amides is 1. The van der Waals surface area contributed by atoms with E-state index in [2.05, 4.69) is 34.2 Å². The molecule has 1 aromatic heterocycles. The maximum atomic E-state index is 12.8. The lowest BCUT2D eigenvalue weighted by molar-refractivity contribution is -0.118. The SMILES string of the molecule is CCOC(=O)c1c(-c2ccc(C)cc2C)csc1NC(=O)COc1ccc(CC)cc1Br. The number of carbonyl (C=O) groups excluding carboxylic acids is 2. The van der Waals surface area contributed by atoms with Crippen LogP contribution in [0.1, 0.15) is 40.9 Å². The molecular weight excluding hydrogens is 490 g/mol. The molecule has 0 spiro atoms. The number of carbonyl (C=O) groups is 2. The molecule has 0 saturated carbocycles. The van der Waals surface area contributed by atoms with Gasteiger partial charge in [0.2, 0.25) is 0 Å². The second-order valence-electron chi connectivity index (χ2n) is 7.35. The molecule has 2 aromatic carbocycles. The number of nitrogens with one attached hydrogen (secondary N) is 1. The number of esters is 1. The zero-order valence-electron chi connectivity index (χ0n) is 18.6. The Balaban J connectivity index is 1.82. The van der Waals surface area contributed by atoms with Gasteiger partial charge in [0, 0.05) is 10.9 Å². The molecule has 1 amide bonds. The minimum absolute atomic E-state index is 0.177. The Hall–Kier alpha value is -2.64. The van der Waals surface area contributed by atoms with Crippen LogP contribution in [0.4, 0.5) is 5.00 Å². The van der Waals surface area contributed by atoms with Gasteiger partial charge in [-0.3, -0.25) is 4.79 Å². The third-order valence-corrected chi connectivity index (χ3v) is 6.47. The highest BCUT2D eigenvalue weighted by Crippen LogP contribution is 2.38. The highest BCUT2D eigenvalue weighted by Gasteiger charge is 2.23. The summed E-state index contributed by atoms with van der Waals surface area (Å²) in [5.74, 6) is -0.223. The number of ether oxygens (including phenoxy) is 2. The van der Waals surface area contributed by atoms with Crippen molar-refractivity contribution in [2.75, 3.05) is 18.5 Å². The van der Waals surface area contributed by atoms with E-state index in [4.69, 9.17) is 9.47 Å². The van der Waals surface area contributed by atoms with E-state index in [1.165, 1.54) is 16.9 Å². The lowest BCUT2D eigenvalue weighted by Gasteiger charge is -2.12. The summed E-state index contributed by atoms with van der Waals surface area (Å²) in [6.07, 6.45) is 0.914. The van der Waals surface area contributed by atoms with Gasteiger partial charge in [-0.25, -0.2) is 4.79 Å². The van der Waals surface area contributed by atoms with Crippen molar-refractivity contribution in [3.8, 4) is 16.9 Å². The van der Waals surface area contributed by atoms with Crippen LogP contribution in [-0.2, 0) is 16.0 Å². The van der Waals surface area contributed by atoms with E-state index in [1.54, 1.807) is 6.92 Å². The van der Waals surface area contributed by atoms with Crippen molar-refractivity contribution in [1.82, 2.24) is 0 Å². The highest BCUT2D eigenvalue weighted by molar-refractivity contribution is 9.10. The molecule has 0 radical (unpaired) electrons. The first-order valence-corrected chi connectivity index (χ1v) is 12.1. The van der Waals surface area contributed by atoms with Crippen LogP contribution in [0.5, 0.6) is 5.75 Å². The van der Waals surface area contributed by atoms with E-state index in [0.717, 1.165) is 33.1 Å². The zero-order valence-corrected chi connectivity index (χ0v) is 21.0. The van der Waals surface area contributed by atoms with Crippen molar-refractivity contribution in [2.45, 2.75) is 34.1 Å². The number of thiophene rings is 1. The number of benzene rings is 2. The van der Waals surface area contributed by atoms with Gasteiger partial charge in [0.25, 0.3) is 5.91 Å². The second kappa shape index (κ2) is 10.8. The van der Waals surface area contributed by atoms with Gasteiger partial charge in [-0.1, -0.05) is 36.8 Å². The third-order valence-electron chi connectivity index (χ3n) is 4.96. The van der Waals surface area contributed by atoms with Crippen LogP contribution in [-0.4, -0.2) is 25.1 Å². The normalized spacial score (nSPS) is 10.7. The maximum Gasteiger partial charge on any atom is 0.341 e. The number of aryl methyl sites for hydroxylation is 3. The van der Waals surface area contributed by atoms with Gasteiger partial charge in [-0.15, -0.1) is 11.3 Å². The van der Waals surface area contributed by atoms with Gasteiger partial charge in [-0.2, -0.15) is 0 Å². The van der Waals surface area contributed by atoms with Gasteiger partial charge in [0.05, 0.1) is 11.1 Å². The summed E-state index contributed by atoms with van der Waals surface area (Å²) in [6.45, 7) is 7.93. The van der Waals surface area contributed by atoms with Gasteiger partial charge in [-0.05, 0) is 71.9 Å². The minimum Gasteiger partial charge on any atom is -0.483 e. The van der Waals surface area contributed by atoms with E-state index >= 15 is 0 Å². The summed E-state index contributed by atoms with van der Waals surface area (Å²) in [5, 5.41) is 5.15. The van der Waals surface area contributed by atoms with E-state index in [-0.39, 0.29) is 19.1 Å². The van der Waals surface area contributed by atoms with Crippen molar-refractivity contribution < 1.29 is 19.1 Å². The summed E-state index contributed by atoms with van der Waals surface area (Å²) in [7, 11) is 0. The average Bonchev–Trinajstić information content (AvgIpc) is 3.16. The summed E-state index contributed by atoms with van der Waals surface area (Å²) in [4.78, 5) is 25.4. The number of anilines is 1. The molecule has 3 rings (SSSR count). The maximum absolute atomic E-state index is 12.8. The second-order valence-corrected chi connectivity index (χ2v) is 9.08. The minimum atomic E-state index is -0.460. The Morgan fingerprint density at radius 2 is 1.84 bits per heavy atom. The molecule has 0 aliphatic heterocycles. The Kier molecular flexibility index (Phi) is 8.10. The molecule has 1 N–H and O–H groups in total. The van der Waals surface area contributed by atoms with Crippen LogP contribution >= 0.6 is 27.3 Å². The van der Waals surface area contributed by atoms with Crippen molar-refractivity contribution >= 4 is 44.1 Å². The van der Waals surface area contributed by atoms with Crippen LogP contribution in [0, 0.1) is 13.8 Å². The number of hydrogen-bond donors (Lipinski definition) is 1. The van der Waals surface area contributed by atoms with Crippen LogP contribution < -0.4 is 10.1 Å². The first kappa shape index (κ1) is 24.0. The Morgan fingerprint density at radius 1 is 1.06 bits per heavy atom. The first-order valence-electron chi connectivity index (χ1n) is 10.4. The Morgan fingerprint density at radius 3 is 2.50 bits per heavy atom. The Labute approximate surface area is 200 Å². The number of halogens is 1. The topological polar surface area (TPSA) is 64.6 Å². The molecule has 0 atom stereocenters. The molecule has 0 saturated heterocycles. The lowest BCUT2D eigenvalue weighted by atomic mass is 9.97. The molecule has 0 bridgehead atoms. The van der Waals surface area contributed by atoms with E-state index in [0.29, 0.717) is 16.3 Å². The highest BCUT2D eigenvalue weighted by atomic mass is 79.9. The fourth-order valence-electron chi connectivity index (χ4n) is 3.36. The summed E-state index contributed by atoms with van der Waals surface area (Å²) < 4.78 is 11.7. The summed E-state index contributed by atoms with van der Waals surface area (Å²) >= 11 is 4.78. The predicted molar refractivity (Wildman–Crippen MR) is 133 cm³/mol. The molecule has 1 heterocycles. The fraction of sp³-hybridized carbons (Fsp3) is 0.280. The zero-order chi connectivity index (χ0) is 23.3. The van der Waals surface area contributed by atoms with E-state index in [1.807, 2.05) is 49.6 Å². The smallest absolute Gasteiger partial charge is 0.341 e. The molecular formula is C25H26BrNO4S. The van der Waals surface area contributed by atoms with Gasteiger partial charge in [0.15, 0.2) is 6.61 Å². The molecule has 0 unspecified atom stereocenters. The predicted octanol–water partition coefficient (Wildman–Crippen LogP) is 6.55. The van der Waals surface area contributed by atoms with Gasteiger partial charge in [0.1, 0.15) is 16.3 Å². The molecule has 32 heavy (non-hydrogen) atoms. The molecule has 0 aliphatic rings. The van der Waals surface area contributed by atoms with Crippen molar-refractivity contribution in [1.29, 1.82) is 0 Å². The van der Waals surface area contributed by atoms with Crippen LogP contribution in [0.15, 0.2) is 46.3 Å². The standard InChI is InChI=1S/C25H26BrNO4S/c1-5-17-8-10-21(20(26)12-17)31-13-22(28)27-24-23(25(29)30-6-2)19(14-32-24)18-9-7-15(3)11-16(18)4/h7-12,14H,5-6,13H2,1-4H3,(H,27,28). The number of rotatable bonds is 8. The van der Waals surface area contributed by atoms with Crippen LogP contribution in [0.3, 0.4) is 0 Å². The van der Waals surface area contributed by atoms with Crippen LogP contribution in [0.25, 0.3) is 11.1 Å². The fourth-order valence-corrected chi connectivity index (χ4v) is 4.86.